The third-order valence-electron chi connectivity index (χ3n) is 3.40. The second kappa shape index (κ2) is 8.73. The molecule has 2 aromatic carbocycles. The number of nitrogens with one attached hydrogen (secondary N) is 2. The van der Waals surface area contributed by atoms with E-state index in [1.54, 1.807) is 37.3 Å². The molecule has 0 saturated carbocycles. The van der Waals surface area contributed by atoms with Crippen molar-refractivity contribution in [1.82, 2.24) is 10.9 Å². The van der Waals surface area contributed by atoms with Crippen molar-refractivity contribution in [3.63, 3.8) is 0 Å². The van der Waals surface area contributed by atoms with Gasteiger partial charge < -0.3 is 9.47 Å². The molecule has 0 heterocycles. The van der Waals surface area contributed by atoms with Crippen molar-refractivity contribution in [3.8, 4) is 11.5 Å². The van der Waals surface area contributed by atoms with E-state index in [2.05, 4.69) is 10.9 Å². The van der Waals surface area contributed by atoms with Crippen molar-refractivity contribution in [2.45, 2.75) is 26.9 Å². The smallest absolute Gasteiger partial charge is 0.279 e. The van der Waals surface area contributed by atoms with Crippen LogP contribution in [0.2, 0.25) is 0 Å². The van der Waals surface area contributed by atoms with Crippen LogP contribution >= 0.6 is 0 Å². The number of benzene rings is 2. The van der Waals surface area contributed by atoms with Crippen LogP contribution in [0.25, 0.3) is 0 Å². The Labute approximate surface area is 147 Å². The van der Waals surface area contributed by atoms with Crippen molar-refractivity contribution >= 4 is 11.8 Å². The summed E-state index contributed by atoms with van der Waals surface area (Å²) in [6.07, 6.45) is -0.748. The number of hydrazine groups is 1. The van der Waals surface area contributed by atoms with Gasteiger partial charge in [0.15, 0.2) is 6.10 Å². The largest absolute Gasteiger partial charge is 0.494 e. The molecule has 0 radical (unpaired) electrons. The van der Waals surface area contributed by atoms with E-state index in [1.807, 2.05) is 32.0 Å². The van der Waals surface area contributed by atoms with Crippen LogP contribution in [0.5, 0.6) is 11.5 Å². The van der Waals surface area contributed by atoms with Crippen molar-refractivity contribution in [2.75, 3.05) is 6.61 Å². The average Bonchev–Trinajstić information content (AvgIpc) is 2.60. The number of hydrogen-bond donors (Lipinski definition) is 2. The van der Waals surface area contributed by atoms with Gasteiger partial charge in [-0.3, -0.25) is 20.4 Å². The summed E-state index contributed by atoms with van der Waals surface area (Å²) in [6.45, 7) is 5.99. The van der Waals surface area contributed by atoms with Crippen LogP contribution in [-0.2, 0) is 4.79 Å². The normalized spacial score (nSPS) is 11.3. The van der Waals surface area contributed by atoms with Crippen LogP contribution in [-0.4, -0.2) is 24.5 Å². The highest BCUT2D eigenvalue weighted by atomic mass is 16.5. The minimum atomic E-state index is -0.748. The highest BCUT2D eigenvalue weighted by molar-refractivity contribution is 5.95. The Morgan fingerprint density at radius 2 is 1.76 bits per heavy atom. The Kier molecular flexibility index (Phi) is 6.39. The Morgan fingerprint density at radius 3 is 2.40 bits per heavy atom. The molecule has 0 bridgehead atoms. The van der Waals surface area contributed by atoms with Crippen LogP contribution in [0, 0.1) is 6.92 Å². The van der Waals surface area contributed by atoms with E-state index >= 15 is 0 Å². The lowest BCUT2D eigenvalue weighted by Crippen LogP contribution is -2.47. The number of rotatable bonds is 6. The third-order valence-corrected chi connectivity index (χ3v) is 3.40. The minimum Gasteiger partial charge on any atom is -0.494 e. The number of amides is 2. The van der Waals surface area contributed by atoms with Crippen LogP contribution in [0.1, 0.15) is 29.8 Å². The van der Waals surface area contributed by atoms with Gasteiger partial charge in [0.1, 0.15) is 11.5 Å². The third kappa shape index (κ3) is 5.53. The molecular weight excluding hydrogens is 320 g/mol. The molecule has 0 fully saturated rings. The maximum absolute atomic E-state index is 12.0. The summed E-state index contributed by atoms with van der Waals surface area (Å²) in [6, 6.07) is 14.0. The molecule has 0 aliphatic heterocycles. The van der Waals surface area contributed by atoms with Gasteiger partial charge in [0.25, 0.3) is 11.8 Å². The first kappa shape index (κ1) is 18.3. The standard InChI is InChI=1S/C19H22N2O4/c1-4-24-16-10-8-15(9-11-16)19(23)21-20-18(22)14(3)25-17-7-5-6-13(2)12-17/h5-12,14H,4H2,1-3H3,(H,20,22)(H,21,23). The molecule has 1 unspecified atom stereocenters. The first-order valence-corrected chi connectivity index (χ1v) is 8.06. The van der Waals surface area contributed by atoms with Gasteiger partial charge in [-0.05, 0) is 62.7 Å². The molecule has 0 aliphatic carbocycles. The zero-order valence-corrected chi connectivity index (χ0v) is 14.5. The van der Waals surface area contributed by atoms with E-state index in [0.717, 1.165) is 5.56 Å². The predicted molar refractivity (Wildman–Crippen MR) is 94.5 cm³/mol. The summed E-state index contributed by atoms with van der Waals surface area (Å²) < 4.78 is 10.9. The lowest BCUT2D eigenvalue weighted by atomic mass is 10.2. The molecule has 2 aromatic rings. The molecule has 2 rings (SSSR count). The van der Waals surface area contributed by atoms with E-state index in [9.17, 15) is 9.59 Å². The number of carbonyl (C=O) groups is 2. The van der Waals surface area contributed by atoms with Crippen molar-refractivity contribution in [2.24, 2.45) is 0 Å². The molecule has 2 amide bonds. The van der Waals surface area contributed by atoms with E-state index in [1.165, 1.54) is 0 Å². The molecule has 6 heteroatoms. The van der Waals surface area contributed by atoms with Crippen molar-refractivity contribution in [1.29, 1.82) is 0 Å². The Hall–Kier alpha value is -3.02. The fourth-order valence-electron chi connectivity index (χ4n) is 2.11. The van der Waals surface area contributed by atoms with Crippen molar-refractivity contribution in [3.05, 3.63) is 59.7 Å². The maximum atomic E-state index is 12.0. The fraction of sp³-hybridized carbons (Fsp3) is 0.263. The highest BCUT2D eigenvalue weighted by Crippen LogP contribution is 2.14. The molecule has 0 spiro atoms. The van der Waals surface area contributed by atoms with Gasteiger partial charge in [-0.25, -0.2) is 0 Å². The van der Waals surface area contributed by atoms with Gasteiger partial charge in [-0.1, -0.05) is 12.1 Å². The quantitative estimate of drug-likeness (QED) is 0.791. The minimum absolute atomic E-state index is 0.413. The average molecular weight is 342 g/mol. The van der Waals surface area contributed by atoms with Gasteiger partial charge >= 0.3 is 0 Å². The van der Waals surface area contributed by atoms with Crippen LogP contribution in [0.3, 0.4) is 0 Å². The number of hydrogen-bond acceptors (Lipinski definition) is 4. The van der Waals surface area contributed by atoms with Gasteiger partial charge in [0.2, 0.25) is 0 Å². The lowest BCUT2D eigenvalue weighted by molar-refractivity contribution is -0.128. The highest BCUT2D eigenvalue weighted by Gasteiger charge is 2.16. The van der Waals surface area contributed by atoms with Crippen LogP contribution in [0.15, 0.2) is 48.5 Å². The molecule has 0 aliphatic rings. The molecular formula is C19H22N2O4. The predicted octanol–water partition coefficient (Wildman–Crippen LogP) is 2.62. The summed E-state index contributed by atoms with van der Waals surface area (Å²) in [5, 5.41) is 0. The molecule has 2 N–H and O–H groups in total. The monoisotopic (exact) mass is 342 g/mol. The van der Waals surface area contributed by atoms with Gasteiger partial charge in [-0.2, -0.15) is 0 Å². The Morgan fingerprint density at radius 1 is 1.04 bits per heavy atom. The van der Waals surface area contributed by atoms with E-state index in [-0.39, 0.29) is 0 Å². The summed E-state index contributed by atoms with van der Waals surface area (Å²) in [5.74, 6) is 0.420. The summed E-state index contributed by atoms with van der Waals surface area (Å²) >= 11 is 0. The Bertz CT molecular complexity index is 728. The number of carbonyl (C=O) groups excluding carboxylic acids is 2. The summed E-state index contributed by atoms with van der Waals surface area (Å²) in [5.41, 5.74) is 6.18. The molecule has 0 aromatic heterocycles. The molecule has 1 atom stereocenters. The molecule has 0 saturated heterocycles. The van der Waals surface area contributed by atoms with Crippen molar-refractivity contribution < 1.29 is 19.1 Å². The topological polar surface area (TPSA) is 76.7 Å². The van der Waals surface area contributed by atoms with Gasteiger partial charge in [0, 0.05) is 5.56 Å². The van der Waals surface area contributed by atoms with Gasteiger partial charge in [0.05, 0.1) is 6.61 Å². The lowest BCUT2D eigenvalue weighted by Gasteiger charge is -2.15. The first-order valence-electron chi connectivity index (χ1n) is 8.06. The Balaban J connectivity index is 1.84. The fourth-order valence-corrected chi connectivity index (χ4v) is 2.11. The van der Waals surface area contributed by atoms with Crippen LogP contribution in [0.4, 0.5) is 0 Å². The number of aryl methyl sites for hydroxylation is 1. The molecule has 25 heavy (non-hydrogen) atoms. The summed E-state index contributed by atoms with van der Waals surface area (Å²) in [7, 11) is 0. The number of ether oxygens (including phenoxy) is 2. The second-order valence-electron chi connectivity index (χ2n) is 5.48. The zero-order valence-electron chi connectivity index (χ0n) is 14.5. The summed E-state index contributed by atoms with van der Waals surface area (Å²) in [4.78, 5) is 24.1. The SMILES string of the molecule is CCOc1ccc(C(=O)NNC(=O)C(C)Oc2cccc(C)c2)cc1. The first-order chi connectivity index (χ1) is 12.0. The van der Waals surface area contributed by atoms with E-state index in [4.69, 9.17) is 9.47 Å². The maximum Gasteiger partial charge on any atom is 0.279 e. The molecule has 132 valence electrons. The van der Waals surface area contributed by atoms with E-state index in [0.29, 0.717) is 23.7 Å². The molecule has 6 nitrogen and oxygen atoms in total. The van der Waals surface area contributed by atoms with Crippen LogP contribution < -0.4 is 20.3 Å². The second-order valence-corrected chi connectivity index (χ2v) is 5.48. The zero-order chi connectivity index (χ0) is 18.2. The van der Waals surface area contributed by atoms with E-state index < -0.39 is 17.9 Å². The van der Waals surface area contributed by atoms with Gasteiger partial charge in [-0.15, -0.1) is 0 Å².